The molecule has 0 spiro atoms. The standard InChI is InChI=1S/C17H21N5O2/c1-12-10-24-15-4-3-13(7-14(15)20(2)17(12)23)8-21-5-6-22-16(9-21)18-11-19-22/h3-4,7,11-12H,5-6,8-10H2,1-2H3/t12-/m0/s1. The van der Waals surface area contributed by atoms with Gasteiger partial charge in [0.1, 0.15) is 17.9 Å². The predicted octanol–water partition coefficient (Wildman–Crippen LogP) is 1.29. The van der Waals surface area contributed by atoms with Crippen molar-refractivity contribution in [1.29, 1.82) is 0 Å². The first-order valence-corrected chi connectivity index (χ1v) is 8.24. The molecule has 1 atom stereocenters. The monoisotopic (exact) mass is 327 g/mol. The average molecular weight is 327 g/mol. The maximum atomic E-state index is 12.3. The van der Waals surface area contributed by atoms with E-state index in [0.717, 1.165) is 43.4 Å². The molecule has 1 aromatic carbocycles. The van der Waals surface area contributed by atoms with Crippen molar-refractivity contribution in [1.82, 2.24) is 19.7 Å². The van der Waals surface area contributed by atoms with Gasteiger partial charge in [0.15, 0.2) is 0 Å². The van der Waals surface area contributed by atoms with Gasteiger partial charge >= 0.3 is 0 Å². The lowest BCUT2D eigenvalue weighted by atomic mass is 10.1. The lowest BCUT2D eigenvalue weighted by Gasteiger charge is -2.27. The van der Waals surface area contributed by atoms with E-state index in [1.807, 2.05) is 24.7 Å². The molecule has 1 aromatic heterocycles. The fourth-order valence-electron chi connectivity index (χ4n) is 3.29. The molecule has 2 aromatic rings. The van der Waals surface area contributed by atoms with E-state index < -0.39 is 0 Å². The summed E-state index contributed by atoms with van der Waals surface area (Å²) in [4.78, 5) is 20.7. The van der Waals surface area contributed by atoms with Gasteiger partial charge < -0.3 is 9.64 Å². The number of benzene rings is 1. The van der Waals surface area contributed by atoms with Gasteiger partial charge in [-0.15, -0.1) is 0 Å². The molecular formula is C17H21N5O2. The second kappa shape index (κ2) is 5.90. The molecule has 3 heterocycles. The van der Waals surface area contributed by atoms with Crippen LogP contribution in [0, 0.1) is 5.92 Å². The fourth-order valence-corrected chi connectivity index (χ4v) is 3.29. The van der Waals surface area contributed by atoms with Gasteiger partial charge in [-0.2, -0.15) is 5.10 Å². The van der Waals surface area contributed by atoms with Crippen molar-refractivity contribution in [3.05, 3.63) is 35.9 Å². The third-order valence-electron chi connectivity index (χ3n) is 4.72. The maximum absolute atomic E-state index is 12.3. The molecule has 0 bridgehead atoms. The minimum absolute atomic E-state index is 0.0944. The van der Waals surface area contributed by atoms with Crippen LogP contribution in [0.15, 0.2) is 24.5 Å². The largest absolute Gasteiger partial charge is 0.491 e. The van der Waals surface area contributed by atoms with Crippen LogP contribution in [0.5, 0.6) is 5.75 Å². The molecule has 7 heteroatoms. The van der Waals surface area contributed by atoms with Crippen LogP contribution in [0.1, 0.15) is 18.3 Å². The van der Waals surface area contributed by atoms with E-state index in [-0.39, 0.29) is 11.8 Å². The van der Waals surface area contributed by atoms with Crippen molar-refractivity contribution in [3.63, 3.8) is 0 Å². The smallest absolute Gasteiger partial charge is 0.233 e. The van der Waals surface area contributed by atoms with E-state index in [2.05, 4.69) is 27.1 Å². The second-order valence-corrected chi connectivity index (χ2v) is 6.52. The number of hydrogen-bond acceptors (Lipinski definition) is 5. The zero-order valence-corrected chi connectivity index (χ0v) is 14.0. The number of carbonyl (C=O) groups excluding carboxylic acids is 1. The predicted molar refractivity (Wildman–Crippen MR) is 88.6 cm³/mol. The molecule has 7 nitrogen and oxygen atoms in total. The average Bonchev–Trinajstić information content (AvgIpc) is 3.03. The molecule has 4 rings (SSSR count). The Morgan fingerprint density at radius 1 is 1.33 bits per heavy atom. The van der Waals surface area contributed by atoms with Crippen LogP contribution in [0.25, 0.3) is 0 Å². The highest BCUT2D eigenvalue weighted by molar-refractivity contribution is 5.96. The van der Waals surface area contributed by atoms with E-state index in [9.17, 15) is 4.79 Å². The molecule has 0 saturated heterocycles. The van der Waals surface area contributed by atoms with E-state index in [1.165, 1.54) is 5.56 Å². The molecule has 0 unspecified atom stereocenters. The van der Waals surface area contributed by atoms with Gasteiger partial charge in [0.25, 0.3) is 0 Å². The van der Waals surface area contributed by atoms with E-state index in [4.69, 9.17) is 4.74 Å². The number of aromatic nitrogens is 3. The number of rotatable bonds is 2. The van der Waals surface area contributed by atoms with Crippen LogP contribution >= 0.6 is 0 Å². The lowest BCUT2D eigenvalue weighted by molar-refractivity contribution is -0.122. The molecule has 0 N–H and O–H groups in total. The van der Waals surface area contributed by atoms with Crippen LogP contribution in [0.2, 0.25) is 0 Å². The summed E-state index contributed by atoms with van der Waals surface area (Å²) in [7, 11) is 1.82. The second-order valence-electron chi connectivity index (χ2n) is 6.52. The minimum atomic E-state index is -0.126. The highest BCUT2D eigenvalue weighted by Crippen LogP contribution is 2.33. The van der Waals surface area contributed by atoms with Gasteiger partial charge in [-0.25, -0.2) is 9.67 Å². The topological polar surface area (TPSA) is 63.5 Å². The van der Waals surface area contributed by atoms with Gasteiger partial charge in [-0.3, -0.25) is 9.69 Å². The summed E-state index contributed by atoms with van der Waals surface area (Å²) in [6, 6.07) is 6.11. The van der Waals surface area contributed by atoms with Crippen LogP contribution < -0.4 is 9.64 Å². The fraction of sp³-hybridized carbons (Fsp3) is 0.471. The molecule has 24 heavy (non-hydrogen) atoms. The number of amides is 1. The highest BCUT2D eigenvalue weighted by Gasteiger charge is 2.26. The molecule has 0 saturated carbocycles. The zero-order chi connectivity index (χ0) is 16.7. The summed E-state index contributed by atoms with van der Waals surface area (Å²) in [6.45, 7) is 5.74. The third-order valence-corrected chi connectivity index (χ3v) is 4.72. The molecule has 0 aliphatic carbocycles. The normalized spacial score (nSPS) is 21.0. The van der Waals surface area contributed by atoms with E-state index in [1.54, 1.807) is 11.2 Å². The van der Waals surface area contributed by atoms with Crippen molar-refractivity contribution in [3.8, 4) is 5.75 Å². The van der Waals surface area contributed by atoms with Crippen molar-refractivity contribution in [2.24, 2.45) is 5.92 Å². The number of nitrogens with zero attached hydrogens (tertiary/aromatic N) is 5. The molecule has 126 valence electrons. The maximum Gasteiger partial charge on any atom is 0.233 e. The summed E-state index contributed by atoms with van der Waals surface area (Å²) in [5.74, 6) is 1.74. The minimum Gasteiger partial charge on any atom is -0.491 e. The number of fused-ring (bicyclic) bond motifs is 2. The number of ether oxygens (including phenoxy) is 1. The quantitative estimate of drug-likeness (QED) is 0.831. The van der Waals surface area contributed by atoms with Crippen molar-refractivity contribution >= 4 is 11.6 Å². The number of anilines is 1. The van der Waals surface area contributed by atoms with Crippen molar-refractivity contribution < 1.29 is 9.53 Å². The zero-order valence-electron chi connectivity index (χ0n) is 14.0. The highest BCUT2D eigenvalue weighted by atomic mass is 16.5. The Hall–Kier alpha value is -2.41. The Kier molecular flexibility index (Phi) is 3.72. The van der Waals surface area contributed by atoms with Gasteiger partial charge in [-0.05, 0) is 17.7 Å². The summed E-state index contributed by atoms with van der Waals surface area (Å²) < 4.78 is 7.74. The van der Waals surface area contributed by atoms with Gasteiger partial charge in [-0.1, -0.05) is 13.0 Å². The van der Waals surface area contributed by atoms with Crippen LogP contribution in [0.4, 0.5) is 5.69 Å². The Bertz CT molecular complexity index is 772. The molecular weight excluding hydrogens is 306 g/mol. The van der Waals surface area contributed by atoms with E-state index >= 15 is 0 Å². The number of hydrogen-bond donors (Lipinski definition) is 0. The van der Waals surface area contributed by atoms with Gasteiger partial charge in [0.2, 0.25) is 5.91 Å². The summed E-state index contributed by atoms with van der Waals surface area (Å²) >= 11 is 0. The van der Waals surface area contributed by atoms with Gasteiger partial charge in [0, 0.05) is 20.1 Å². The van der Waals surface area contributed by atoms with Crippen LogP contribution in [0.3, 0.4) is 0 Å². The molecule has 0 fully saturated rings. The van der Waals surface area contributed by atoms with E-state index in [0.29, 0.717) is 6.61 Å². The van der Waals surface area contributed by atoms with Crippen molar-refractivity contribution in [2.45, 2.75) is 26.6 Å². The first kappa shape index (κ1) is 15.1. The van der Waals surface area contributed by atoms with Gasteiger partial charge in [0.05, 0.1) is 31.3 Å². The molecule has 2 aliphatic heterocycles. The SMILES string of the molecule is C[C@H]1COc2ccc(CN3CCn4ncnc4C3)cc2N(C)C1=O. The Labute approximate surface area is 140 Å². The summed E-state index contributed by atoms with van der Waals surface area (Å²) in [6.07, 6.45) is 1.61. The molecule has 2 aliphatic rings. The molecule has 0 radical (unpaired) electrons. The van der Waals surface area contributed by atoms with Crippen molar-refractivity contribution in [2.75, 3.05) is 25.1 Å². The first-order chi connectivity index (χ1) is 11.6. The summed E-state index contributed by atoms with van der Waals surface area (Å²) in [5, 5.41) is 4.21. The Balaban J connectivity index is 1.55. The third kappa shape index (κ3) is 2.65. The van der Waals surface area contributed by atoms with Crippen LogP contribution in [-0.4, -0.2) is 45.8 Å². The Morgan fingerprint density at radius 3 is 3.08 bits per heavy atom. The first-order valence-electron chi connectivity index (χ1n) is 8.24. The summed E-state index contributed by atoms with van der Waals surface area (Å²) in [5.41, 5.74) is 2.02. The number of carbonyl (C=O) groups is 1. The Morgan fingerprint density at radius 2 is 2.21 bits per heavy atom. The molecule has 1 amide bonds. The van der Waals surface area contributed by atoms with Crippen LogP contribution in [-0.2, 0) is 24.4 Å². The lowest BCUT2D eigenvalue weighted by Crippen LogP contribution is -2.34.